The van der Waals surface area contributed by atoms with E-state index in [0.29, 0.717) is 36.0 Å². The van der Waals surface area contributed by atoms with E-state index in [1.807, 2.05) is 24.3 Å². The molecule has 2 rings (SSSR count). The number of nitrogens with two attached hydrogens (primary N) is 1. The number of carbonyl (C=O) groups is 1. The van der Waals surface area contributed by atoms with Crippen molar-refractivity contribution in [1.29, 1.82) is 0 Å². The fourth-order valence-electron chi connectivity index (χ4n) is 2.04. The molecule has 2 aromatic carbocycles. The molecule has 0 aliphatic rings. The zero-order valence-corrected chi connectivity index (χ0v) is 15.0. The molecule has 0 radical (unpaired) electrons. The number of hydrogen-bond donors (Lipinski definition) is 2. The molecule has 0 fully saturated rings. The fourth-order valence-corrected chi connectivity index (χ4v) is 2.22. The van der Waals surface area contributed by atoms with Gasteiger partial charge in [-0.2, -0.15) is 5.10 Å². The first-order chi connectivity index (χ1) is 12.6. The molecule has 0 bridgehead atoms. The highest BCUT2D eigenvalue weighted by Gasteiger charge is 2.04. The van der Waals surface area contributed by atoms with Crippen LogP contribution in [0.5, 0.6) is 17.2 Å². The number of hydrazone groups is 1. The highest BCUT2D eigenvalue weighted by atomic mass is 35.5. The van der Waals surface area contributed by atoms with Crippen LogP contribution in [0.1, 0.15) is 12.0 Å². The van der Waals surface area contributed by atoms with E-state index < -0.39 is 6.03 Å². The molecule has 0 unspecified atom stereocenters. The summed E-state index contributed by atoms with van der Waals surface area (Å²) in [5, 5.41) is 4.25. The topological polar surface area (TPSA) is 95.2 Å². The second-order valence-corrected chi connectivity index (χ2v) is 5.58. The molecule has 2 aromatic rings. The molecule has 0 atom stereocenters. The van der Waals surface area contributed by atoms with Crippen LogP contribution >= 0.6 is 11.6 Å². The Kier molecular flexibility index (Phi) is 7.57. The van der Waals surface area contributed by atoms with Gasteiger partial charge in [-0.1, -0.05) is 17.7 Å². The average Bonchev–Trinajstić information content (AvgIpc) is 2.63. The van der Waals surface area contributed by atoms with Gasteiger partial charge in [0.05, 0.1) is 26.5 Å². The van der Waals surface area contributed by atoms with Gasteiger partial charge >= 0.3 is 6.03 Å². The molecule has 138 valence electrons. The van der Waals surface area contributed by atoms with E-state index in [1.54, 1.807) is 25.3 Å². The summed E-state index contributed by atoms with van der Waals surface area (Å²) in [5.74, 6) is 2.07. The van der Waals surface area contributed by atoms with E-state index in [1.165, 1.54) is 6.21 Å². The van der Waals surface area contributed by atoms with Crippen molar-refractivity contribution in [2.45, 2.75) is 6.42 Å². The maximum atomic E-state index is 10.7. The summed E-state index contributed by atoms with van der Waals surface area (Å²) >= 11 is 5.98. The molecular formula is C18H20ClN3O4. The molecule has 26 heavy (non-hydrogen) atoms. The van der Waals surface area contributed by atoms with Crippen LogP contribution in [-0.4, -0.2) is 32.6 Å². The molecule has 0 heterocycles. The third kappa shape index (κ3) is 6.52. The zero-order valence-electron chi connectivity index (χ0n) is 14.3. The van der Waals surface area contributed by atoms with Gasteiger partial charge < -0.3 is 19.9 Å². The van der Waals surface area contributed by atoms with Crippen molar-refractivity contribution >= 4 is 23.8 Å². The molecule has 0 saturated carbocycles. The van der Waals surface area contributed by atoms with E-state index in [9.17, 15) is 4.79 Å². The first-order valence-electron chi connectivity index (χ1n) is 7.86. The van der Waals surface area contributed by atoms with E-state index >= 15 is 0 Å². The molecule has 0 aliphatic carbocycles. The predicted octanol–water partition coefficient (Wildman–Crippen LogP) is 3.20. The van der Waals surface area contributed by atoms with Crippen molar-refractivity contribution in [1.82, 2.24) is 5.43 Å². The molecular weight excluding hydrogens is 358 g/mol. The lowest BCUT2D eigenvalue weighted by molar-refractivity contribution is 0.246. The Balaban J connectivity index is 1.83. The van der Waals surface area contributed by atoms with Gasteiger partial charge in [-0.25, -0.2) is 10.2 Å². The van der Waals surface area contributed by atoms with Crippen LogP contribution in [0, 0.1) is 0 Å². The fraction of sp³-hybridized carbons (Fsp3) is 0.222. The summed E-state index contributed by atoms with van der Waals surface area (Å²) in [7, 11) is 1.61. The van der Waals surface area contributed by atoms with Crippen LogP contribution in [0.2, 0.25) is 5.02 Å². The number of methoxy groups -OCH3 is 1. The second kappa shape index (κ2) is 10.1. The minimum Gasteiger partial charge on any atom is -0.497 e. The monoisotopic (exact) mass is 377 g/mol. The van der Waals surface area contributed by atoms with Crippen LogP contribution in [0.3, 0.4) is 0 Å². The molecule has 0 spiro atoms. The number of amides is 2. The number of halogens is 1. The molecule has 0 aliphatic heterocycles. The summed E-state index contributed by atoms with van der Waals surface area (Å²) in [6.45, 7) is 0.934. The maximum Gasteiger partial charge on any atom is 0.332 e. The normalized spacial score (nSPS) is 10.5. The number of ether oxygens (including phenoxy) is 3. The Labute approximate surface area is 156 Å². The van der Waals surface area contributed by atoms with Crippen LogP contribution in [0.25, 0.3) is 0 Å². The molecule has 0 aromatic heterocycles. The van der Waals surface area contributed by atoms with Crippen LogP contribution in [-0.2, 0) is 0 Å². The molecule has 0 saturated heterocycles. The standard InChI is InChI=1S/C18H20ClN3O4/c1-24-15-4-2-5-16(11-15)25-8-3-9-26-17-7-6-14(19)10-13(17)12-21-22-18(20)23/h2,4-7,10-12H,3,8-9H2,1H3,(H3,20,22,23). The smallest absolute Gasteiger partial charge is 0.332 e. The van der Waals surface area contributed by atoms with Gasteiger partial charge in [0.1, 0.15) is 17.2 Å². The predicted molar refractivity (Wildman–Crippen MR) is 100 cm³/mol. The van der Waals surface area contributed by atoms with Crippen molar-refractivity contribution in [3.63, 3.8) is 0 Å². The van der Waals surface area contributed by atoms with Gasteiger partial charge in [-0.15, -0.1) is 0 Å². The maximum absolute atomic E-state index is 10.7. The van der Waals surface area contributed by atoms with Gasteiger partial charge in [0.25, 0.3) is 0 Å². The number of rotatable bonds is 9. The van der Waals surface area contributed by atoms with Crippen molar-refractivity contribution in [3.05, 3.63) is 53.1 Å². The Morgan fingerprint density at radius 1 is 1.19 bits per heavy atom. The summed E-state index contributed by atoms with van der Waals surface area (Å²) in [4.78, 5) is 10.7. The second-order valence-electron chi connectivity index (χ2n) is 5.15. The third-order valence-electron chi connectivity index (χ3n) is 3.21. The van der Waals surface area contributed by atoms with E-state index in [2.05, 4.69) is 10.5 Å². The summed E-state index contributed by atoms with van der Waals surface area (Å²) in [6, 6.07) is 11.8. The van der Waals surface area contributed by atoms with Crippen molar-refractivity contribution in [2.24, 2.45) is 10.8 Å². The molecule has 2 amide bonds. The SMILES string of the molecule is COc1cccc(OCCCOc2ccc(Cl)cc2C=NNC(N)=O)c1. The number of benzene rings is 2. The first-order valence-corrected chi connectivity index (χ1v) is 8.24. The van der Waals surface area contributed by atoms with E-state index in [4.69, 9.17) is 31.5 Å². The molecule has 8 heteroatoms. The highest BCUT2D eigenvalue weighted by molar-refractivity contribution is 6.30. The van der Waals surface area contributed by atoms with Crippen molar-refractivity contribution in [2.75, 3.05) is 20.3 Å². The van der Waals surface area contributed by atoms with Crippen LogP contribution in [0.4, 0.5) is 4.79 Å². The minimum atomic E-state index is -0.750. The largest absolute Gasteiger partial charge is 0.497 e. The highest BCUT2D eigenvalue weighted by Crippen LogP contribution is 2.22. The summed E-state index contributed by atoms with van der Waals surface area (Å²) in [5.41, 5.74) is 7.71. The lowest BCUT2D eigenvalue weighted by atomic mass is 10.2. The van der Waals surface area contributed by atoms with E-state index in [0.717, 1.165) is 11.5 Å². The Bertz CT molecular complexity index is 768. The van der Waals surface area contributed by atoms with Gasteiger partial charge in [-0.05, 0) is 30.3 Å². The quantitative estimate of drug-likeness (QED) is 0.398. The third-order valence-corrected chi connectivity index (χ3v) is 3.44. The van der Waals surface area contributed by atoms with Gasteiger partial charge in [0.2, 0.25) is 0 Å². The number of urea groups is 1. The minimum absolute atomic E-state index is 0.440. The lowest BCUT2D eigenvalue weighted by Gasteiger charge is -2.11. The van der Waals surface area contributed by atoms with Crippen molar-refractivity contribution < 1.29 is 19.0 Å². The number of primary amides is 1. The molecule has 3 N–H and O–H groups in total. The molecule has 7 nitrogen and oxygen atoms in total. The van der Waals surface area contributed by atoms with Gasteiger partial charge in [-0.3, -0.25) is 0 Å². The van der Waals surface area contributed by atoms with E-state index in [-0.39, 0.29) is 0 Å². The number of hydrogen-bond acceptors (Lipinski definition) is 5. The summed E-state index contributed by atoms with van der Waals surface area (Å²) in [6.07, 6.45) is 2.09. The van der Waals surface area contributed by atoms with Gasteiger partial charge in [0, 0.05) is 23.1 Å². The number of carbonyl (C=O) groups excluding carboxylic acids is 1. The van der Waals surface area contributed by atoms with Gasteiger partial charge in [0.15, 0.2) is 0 Å². The Morgan fingerprint density at radius 3 is 2.73 bits per heavy atom. The number of nitrogens with zero attached hydrogens (tertiary/aromatic N) is 1. The zero-order chi connectivity index (χ0) is 18.8. The average molecular weight is 378 g/mol. The Hall–Kier alpha value is -2.93. The lowest BCUT2D eigenvalue weighted by Crippen LogP contribution is -2.24. The first kappa shape index (κ1) is 19.4. The van der Waals surface area contributed by atoms with Crippen LogP contribution < -0.4 is 25.4 Å². The van der Waals surface area contributed by atoms with Crippen molar-refractivity contribution in [3.8, 4) is 17.2 Å². The summed E-state index contributed by atoms with van der Waals surface area (Å²) < 4.78 is 16.5. The van der Waals surface area contributed by atoms with Crippen LogP contribution in [0.15, 0.2) is 47.6 Å². The number of nitrogens with one attached hydrogen (secondary N) is 1. The Morgan fingerprint density at radius 2 is 1.96 bits per heavy atom.